The quantitative estimate of drug-likeness (QED) is 0.138. The fraction of sp³-hybridized carbons (Fsp3) is 0.333. The molecule has 0 bridgehead atoms. The van der Waals surface area contributed by atoms with Gasteiger partial charge in [0.05, 0.1) is 12.1 Å². The average Bonchev–Trinajstić information content (AvgIpc) is 3.06. The first-order valence-electron chi connectivity index (χ1n) is 15.6. The molecule has 0 spiro atoms. The molecule has 1 amide bonds. The molecule has 1 fully saturated rings. The number of rotatable bonds is 13. The van der Waals surface area contributed by atoms with Gasteiger partial charge in [0, 0.05) is 56.1 Å². The molecule has 1 N–H and O–H groups in total. The van der Waals surface area contributed by atoms with Crippen LogP contribution in [0.25, 0.3) is 17.0 Å². The van der Waals surface area contributed by atoms with E-state index >= 15 is 0 Å². The zero-order valence-corrected chi connectivity index (χ0v) is 26.8. The van der Waals surface area contributed by atoms with Crippen molar-refractivity contribution in [2.24, 2.45) is 0 Å². The summed E-state index contributed by atoms with van der Waals surface area (Å²) < 4.78 is 12.9. The number of unbranched alkanes of at least 4 members (excludes halogenated alkanes) is 1. The van der Waals surface area contributed by atoms with Gasteiger partial charge in [-0.2, -0.15) is 12.6 Å². The van der Waals surface area contributed by atoms with E-state index in [9.17, 15) is 9.59 Å². The molecular weight excluding hydrogens is 584 g/mol. The Balaban J connectivity index is 1.06. The lowest BCUT2D eigenvalue weighted by Gasteiger charge is -2.37. The van der Waals surface area contributed by atoms with Crippen LogP contribution in [0, 0.1) is 6.92 Å². The molecule has 236 valence electrons. The van der Waals surface area contributed by atoms with Gasteiger partial charge in [-0.1, -0.05) is 42.5 Å². The highest BCUT2D eigenvalue weighted by Gasteiger charge is 2.19. The van der Waals surface area contributed by atoms with Gasteiger partial charge >= 0.3 is 6.09 Å². The number of fused-ring (bicyclic) bond motifs is 1. The molecule has 9 heteroatoms. The molecule has 1 aliphatic heterocycles. The smallest absolute Gasteiger partial charge is 0.408 e. The van der Waals surface area contributed by atoms with Crippen LogP contribution in [0.15, 0.2) is 89.1 Å². The van der Waals surface area contributed by atoms with E-state index in [1.165, 1.54) is 27.4 Å². The summed E-state index contributed by atoms with van der Waals surface area (Å²) in [5.74, 6) is 0.687. The molecule has 1 aliphatic rings. The number of anilines is 1. The van der Waals surface area contributed by atoms with Gasteiger partial charge in [-0.05, 0) is 85.0 Å². The van der Waals surface area contributed by atoms with Gasteiger partial charge in [-0.3, -0.25) is 14.3 Å². The van der Waals surface area contributed by atoms with Crippen molar-refractivity contribution < 1.29 is 14.3 Å². The molecule has 3 aromatic carbocycles. The minimum Gasteiger partial charge on any atom is -0.494 e. The average molecular weight is 627 g/mol. The summed E-state index contributed by atoms with van der Waals surface area (Å²) in [6, 6.07) is 25.3. The van der Waals surface area contributed by atoms with E-state index in [1.807, 2.05) is 53.9 Å². The number of alkyl carbamates (subject to hydrolysis) is 1. The number of thiol groups is 1. The van der Waals surface area contributed by atoms with Crippen molar-refractivity contribution in [3.05, 3.63) is 111 Å². The Morgan fingerprint density at radius 1 is 0.956 bits per heavy atom. The second-order valence-electron chi connectivity index (χ2n) is 11.3. The van der Waals surface area contributed by atoms with E-state index in [2.05, 4.69) is 58.9 Å². The summed E-state index contributed by atoms with van der Waals surface area (Å²) in [6.07, 6.45) is 4.20. The first-order chi connectivity index (χ1) is 22.0. The summed E-state index contributed by atoms with van der Waals surface area (Å²) >= 11 is 4.29. The maximum atomic E-state index is 12.7. The number of pyridine rings is 1. The topological polar surface area (TPSA) is 76.0 Å². The molecular formula is C36H42N4O4S. The normalized spacial score (nSPS) is 13.8. The first kappa shape index (κ1) is 32.2. The number of nitrogens with zero attached hydrogens (tertiary/aromatic N) is 3. The SMILES string of the molecule is Cc1cccc(N2CCN(CCCCOc3ccc4ccc(=O)n(COC(=O)NCCc5ccccc5)c4c3)CC2)c1/C=C\S. The predicted octanol–water partition coefficient (Wildman–Crippen LogP) is 6.12. The van der Waals surface area contributed by atoms with Crippen molar-refractivity contribution >= 4 is 41.4 Å². The maximum absolute atomic E-state index is 12.7. The Morgan fingerprint density at radius 2 is 1.76 bits per heavy atom. The molecule has 45 heavy (non-hydrogen) atoms. The molecule has 5 rings (SSSR count). The van der Waals surface area contributed by atoms with Gasteiger partial charge in [0.25, 0.3) is 5.56 Å². The Morgan fingerprint density at radius 3 is 2.56 bits per heavy atom. The Labute approximate surface area is 270 Å². The third kappa shape index (κ3) is 8.93. The van der Waals surface area contributed by atoms with E-state index in [0.29, 0.717) is 30.8 Å². The van der Waals surface area contributed by atoms with Crippen LogP contribution >= 0.6 is 12.6 Å². The van der Waals surface area contributed by atoms with Crippen LogP contribution in [0.4, 0.5) is 10.5 Å². The molecule has 1 aromatic heterocycles. The highest BCUT2D eigenvalue weighted by atomic mass is 32.1. The summed E-state index contributed by atoms with van der Waals surface area (Å²) in [6.45, 7) is 8.12. The van der Waals surface area contributed by atoms with Crippen LogP contribution in [0.5, 0.6) is 5.75 Å². The van der Waals surface area contributed by atoms with Crippen molar-refractivity contribution in [1.29, 1.82) is 0 Å². The zero-order chi connectivity index (χ0) is 31.4. The number of carbonyl (C=O) groups excluding carboxylic acids is 1. The van der Waals surface area contributed by atoms with Crippen molar-refractivity contribution in [2.75, 3.05) is 50.8 Å². The molecule has 0 atom stereocenters. The third-order valence-corrected chi connectivity index (χ3v) is 8.36. The van der Waals surface area contributed by atoms with E-state index in [4.69, 9.17) is 9.47 Å². The van der Waals surface area contributed by atoms with Crippen molar-refractivity contribution in [2.45, 2.75) is 32.9 Å². The van der Waals surface area contributed by atoms with Gasteiger partial charge in [-0.15, -0.1) is 0 Å². The number of hydrogen-bond acceptors (Lipinski definition) is 7. The van der Waals surface area contributed by atoms with Crippen molar-refractivity contribution in [1.82, 2.24) is 14.8 Å². The Bertz CT molecular complexity index is 1650. The minimum atomic E-state index is -0.561. The lowest BCUT2D eigenvalue weighted by molar-refractivity contribution is 0.114. The molecule has 1 saturated heterocycles. The number of carbonyl (C=O) groups is 1. The lowest BCUT2D eigenvalue weighted by atomic mass is 10.0. The van der Waals surface area contributed by atoms with Crippen LogP contribution in [0.1, 0.15) is 29.5 Å². The van der Waals surface area contributed by atoms with Crippen molar-refractivity contribution in [3.63, 3.8) is 0 Å². The standard InChI is InChI=1S/C36H42N4O4S/c1-28-8-7-11-33(32(28)17-25-45)39-22-20-38(21-23-39)19-5-6-24-43-31-14-12-30-13-15-35(41)40(34(30)26-31)27-44-36(42)37-18-16-29-9-3-2-4-10-29/h2-4,7-15,17,25-26,45H,5-6,16,18-24,27H2,1H3,(H,37,42)/b25-17-. The highest BCUT2D eigenvalue weighted by Crippen LogP contribution is 2.27. The number of benzene rings is 3. The fourth-order valence-electron chi connectivity index (χ4n) is 5.69. The third-order valence-electron chi connectivity index (χ3n) is 8.21. The second kappa shape index (κ2) is 16.2. The van der Waals surface area contributed by atoms with Gasteiger partial charge in [-0.25, -0.2) is 4.79 Å². The van der Waals surface area contributed by atoms with Crippen LogP contribution in [0.3, 0.4) is 0 Å². The highest BCUT2D eigenvalue weighted by molar-refractivity contribution is 7.83. The minimum absolute atomic E-state index is 0.179. The van der Waals surface area contributed by atoms with Gasteiger partial charge < -0.3 is 19.7 Å². The van der Waals surface area contributed by atoms with Gasteiger partial charge in [0.15, 0.2) is 6.73 Å². The van der Waals surface area contributed by atoms with Gasteiger partial charge in [0.2, 0.25) is 0 Å². The number of ether oxygens (including phenoxy) is 2. The predicted molar refractivity (Wildman–Crippen MR) is 185 cm³/mol. The summed E-state index contributed by atoms with van der Waals surface area (Å²) in [5.41, 5.74) is 5.34. The van der Waals surface area contributed by atoms with E-state index in [-0.39, 0.29) is 12.3 Å². The molecule has 0 aliphatic carbocycles. The van der Waals surface area contributed by atoms with E-state index in [1.54, 1.807) is 6.07 Å². The fourth-order valence-corrected chi connectivity index (χ4v) is 5.84. The van der Waals surface area contributed by atoms with E-state index in [0.717, 1.165) is 56.5 Å². The first-order valence-corrected chi connectivity index (χ1v) is 16.1. The number of aromatic nitrogens is 1. The monoisotopic (exact) mass is 626 g/mol. The molecule has 2 heterocycles. The number of nitrogens with one attached hydrogen (secondary N) is 1. The van der Waals surface area contributed by atoms with Crippen LogP contribution in [-0.2, 0) is 17.9 Å². The van der Waals surface area contributed by atoms with Crippen LogP contribution < -0.4 is 20.5 Å². The van der Waals surface area contributed by atoms with Crippen molar-refractivity contribution in [3.8, 4) is 5.75 Å². The number of piperazine rings is 1. The van der Waals surface area contributed by atoms with E-state index < -0.39 is 6.09 Å². The summed E-state index contributed by atoms with van der Waals surface area (Å²) in [5, 5.41) is 5.43. The largest absolute Gasteiger partial charge is 0.494 e. The molecule has 4 aromatic rings. The summed E-state index contributed by atoms with van der Waals surface area (Å²) in [4.78, 5) is 29.9. The molecule has 0 saturated carbocycles. The Hall–Kier alpha value is -4.21. The number of amides is 1. The van der Waals surface area contributed by atoms with Crippen LogP contribution in [0.2, 0.25) is 0 Å². The Kier molecular flexibility index (Phi) is 11.6. The van der Waals surface area contributed by atoms with Crippen LogP contribution in [-0.4, -0.2) is 61.4 Å². The second-order valence-corrected chi connectivity index (χ2v) is 11.5. The van der Waals surface area contributed by atoms with Gasteiger partial charge in [0.1, 0.15) is 5.75 Å². The molecule has 0 radical (unpaired) electrons. The zero-order valence-electron chi connectivity index (χ0n) is 25.9. The maximum Gasteiger partial charge on any atom is 0.408 e. The molecule has 8 nitrogen and oxygen atoms in total. The molecule has 0 unspecified atom stereocenters. The number of aryl methyl sites for hydroxylation is 1. The lowest BCUT2D eigenvalue weighted by Crippen LogP contribution is -2.46. The summed E-state index contributed by atoms with van der Waals surface area (Å²) in [7, 11) is 0. The number of hydrogen-bond donors (Lipinski definition) is 2.